The second kappa shape index (κ2) is 4.99. The molecule has 0 aromatic heterocycles. The lowest BCUT2D eigenvalue weighted by Gasteiger charge is -2.59. The van der Waals surface area contributed by atoms with Gasteiger partial charge in [-0.3, -0.25) is 0 Å². The van der Waals surface area contributed by atoms with E-state index in [0.29, 0.717) is 18.8 Å². The predicted molar refractivity (Wildman–Crippen MR) is 72.4 cm³/mol. The van der Waals surface area contributed by atoms with Crippen molar-refractivity contribution in [2.45, 2.75) is 64.3 Å². The average molecular weight is 272 g/mol. The molecule has 4 nitrogen and oxygen atoms in total. The summed E-state index contributed by atoms with van der Waals surface area (Å²) in [7, 11) is 0. The monoisotopic (exact) mass is 272 g/mol. The number of hydrogen-bond acceptors (Lipinski definition) is 4. The molecule has 0 amide bonds. The van der Waals surface area contributed by atoms with Gasteiger partial charge in [-0.05, 0) is 37.5 Å². The Morgan fingerprint density at radius 3 is 2.32 bits per heavy atom. The number of hydrogen-bond donors (Lipinski definition) is 4. The number of aliphatic hydroxyl groups excluding tert-OH is 3. The van der Waals surface area contributed by atoms with Gasteiger partial charge in [-0.2, -0.15) is 0 Å². The van der Waals surface area contributed by atoms with Gasteiger partial charge < -0.3 is 20.4 Å². The summed E-state index contributed by atoms with van der Waals surface area (Å²) in [5.74, 6) is 0.0120. The first-order valence-electron chi connectivity index (χ1n) is 7.45. The Bertz CT molecular complexity index is 332. The third-order valence-corrected chi connectivity index (χ3v) is 5.83. The molecule has 2 aliphatic rings. The molecule has 0 bridgehead atoms. The van der Waals surface area contributed by atoms with Crippen LogP contribution in [0.15, 0.2) is 0 Å². The van der Waals surface area contributed by atoms with E-state index in [4.69, 9.17) is 0 Å². The van der Waals surface area contributed by atoms with Crippen LogP contribution >= 0.6 is 0 Å². The van der Waals surface area contributed by atoms with Crippen LogP contribution in [0.2, 0.25) is 0 Å². The van der Waals surface area contributed by atoms with Gasteiger partial charge in [0.2, 0.25) is 0 Å². The maximum absolute atomic E-state index is 10.7. The van der Waals surface area contributed by atoms with E-state index in [1.165, 1.54) is 0 Å². The Labute approximate surface area is 115 Å². The number of aliphatic hydroxyl groups is 4. The van der Waals surface area contributed by atoms with Crippen LogP contribution in [0.5, 0.6) is 0 Å². The minimum atomic E-state index is -1.26. The molecule has 0 aliphatic heterocycles. The van der Waals surface area contributed by atoms with Crippen LogP contribution in [0.3, 0.4) is 0 Å². The largest absolute Gasteiger partial charge is 0.393 e. The lowest BCUT2D eigenvalue weighted by Crippen LogP contribution is -2.65. The van der Waals surface area contributed by atoms with Crippen molar-refractivity contribution >= 4 is 0 Å². The molecule has 0 spiro atoms. The maximum Gasteiger partial charge on any atom is 0.0937 e. The van der Waals surface area contributed by atoms with E-state index in [1.54, 1.807) is 0 Å². The minimum Gasteiger partial charge on any atom is -0.393 e. The van der Waals surface area contributed by atoms with Crippen molar-refractivity contribution in [3.8, 4) is 0 Å². The summed E-state index contributed by atoms with van der Waals surface area (Å²) in [6.45, 7) is 5.76. The summed E-state index contributed by atoms with van der Waals surface area (Å²) < 4.78 is 0. The first-order valence-corrected chi connectivity index (χ1v) is 7.45. The molecule has 112 valence electrons. The lowest BCUT2D eigenvalue weighted by molar-refractivity contribution is -0.235. The van der Waals surface area contributed by atoms with Gasteiger partial charge in [0.1, 0.15) is 0 Å². The molecule has 2 fully saturated rings. The SMILES string of the molecule is CC(C)[C@@H]1CC[C@]2(C)C([C@H]1O)[C@@](O)(CO)CC[C@H]2O. The van der Waals surface area contributed by atoms with E-state index in [0.717, 1.165) is 12.8 Å². The fourth-order valence-electron chi connectivity index (χ4n) is 4.52. The van der Waals surface area contributed by atoms with Crippen molar-refractivity contribution in [1.82, 2.24) is 0 Å². The molecule has 2 rings (SSSR count). The number of fused-ring (bicyclic) bond motifs is 1. The third kappa shape index (κ3) is 2.23. The quantitative estimate of drug-likeness (QED) is 0.602. The average Bonchev–Trinajstić information content (AvgIpc) is 2.34. The highest BCUT2D eigenvalue weighted by Crippen LogP contribution is 2.56. The smallest absolute Gasteiger partial charge is 0.0937 e. The maximum atomic E-state index is 10.7. The van der Waals surface area contributed by atoms with Crippen molar-refractivity contribution in [3.05, 3.63) is 0 Å². The van der Waals surface area contributed by atoms with Gasteiger partial charge in [0.25, 0.3) is 0 Å². The minimum absolute atomic E-state index is 0.126. The van der Waals surface area contributed by atoms with Gasteiger partial charge in [-0.15, -0.1) is 0 Å². The van der Waals surface area contributed by atoms with Crippen molar-refractivity contribution < 1.29 is 20.4 Å². The first kappa shape index (κ1) is 15.2. The molecule has 0 radical (unpaired) electrons. The summed E-state index contributed by atoms with van der Waals surface area (Å²) in [6, 6.07) is 0. The molecule has 2 saturated carbocycles. The van der Waals surface area contributed by atoms with E-state index >= 15 is 0 Å². The first-order chi connectivity index (χ1) is 8.76. The Morgan fingerprint density at radius 1 is 1.16 bits per heavy atom. The van der Waals surface area contributed by atoms with Crippen molar-refractivity contribution in [1.29, 1.82) is 0 Å². The van der Waals surface area contributed by atoms with E-state index < -0.39 is 29.1 Å². The van der Waals surface area contributed by atoms with E-state index in [1.807, 2.05) is 6.92 Å². The predicted octanol–water partition coefficient (Wildman–Crippen LogP) is 0.914. The van der Waals surface area contributed by atoms with Gasteiger partial charge in [0.05, 0.1) is 24.4 Å². The highest BCUT2D eigenvalue weighted by Gasteiger charge is 2.60. The van der Waals surface area contributed by atoms with Gasteiger partial charge in [0, 0.05) is 11.3 Å². The number of rotatable bonds is 2. The summed E-state index contributed by atoms with van der Waals surface area (Å²) in [5, 5.41) is 41.3. The highest BCUT2D eigenvalue weighted by atomic mass is 16.3. The standard InChI is InChI=1S/C15H28O4/c1-9(2)10-4-6-14(3)11(17)5-7-15(19,8-16)13(14)12(10)18/h9-13,16-19H,4-8H2,1-3H3/t10-,11+,12-,13?,14-,15-/m0/s1. The van der Waals surface area contributed by atoms with E-state index in [-0.39, 0.29) is 12.5 Å². The molecule has 6 atom stereocenters. The zero-order chi connectivity index (χ0) is 14.4. The molecule has 0 saturated heterocycles. The molecule has 4 N–H and O–H groups in total. The molecule has 1 unspecified atom stereocenters. The third-order valence-electron chi connectivity index (χ3n) is 5.83. The lowest BCUT2D eigenvalue weighted by atomic mass is 9.50. The normalized spacial score (nSPS) is 51.2. The van der Waals surface area contributed by atoms with Crippen LogP contribution in [-0.2, 0) is 0 Å². The summed E-state index contributed by atoms with van der Waals surface area (Å²) in [6.07, 6.45) is 1.33. The zero-order valence-corrected chi connectivity index (χ0v) is 12.2. The van der Waals surface area contributed by atoms with Crippen molar-refractivity contribution in [3.63, 3.8) is 0 Å². The molecule has 0 aromatic carbocycles. The van der Waals surface area contributed by atoms with Crippen molar-refractivity contribution in [2.24, 2.45) is 23.2 Å². The Kier molecular flexibility index (Phi) is 4.00. The Morgan fingerprint density at radius 2 is 1.79 bits per heavy atom. The molecule has 4 heteroatoms. The van der Waals surface area contributed by atoms with Gasteiger partial charge in [0.15, 0.2) is 0 Å². The van der Waals surface area contributed by atoms with Gasteiger partial charge >= 0.3 is 0 Å². The Balaban J connectivity index is 2.38. The van der Waals surface area contributed by atoms with Crippen LogP contribution in [0.25, 0.3) is 0 Å². The second-order valence-electron chi connectivity index (χ2n) is 7.24. The second-order valence-corrected chi connectivity index (χ2v) is 7.24. The van der Waals surface area contributed by atoms with Gasteiger partial charge in [-0.1, -0.05) is 20.8 Å². The van der Waals surface area contributed by atoms with Crippen LogP contribution < -0.4 is 0 Å². The molecule has 19 heavy (non-hydrogen) atoms. The molecule has 0 aromatic rings. The molecule has 2 aliphatic carbocycles. The zero-order valence-electron chi connectivity index (χ0n) is 12.2. The highest BCUT2D eigenvalue weighted by molar-refractivity contribution is 5.10. The summed E-state index contributed by atoms with van der Waals surface area (Å²) in [5.41, 5.74) is -1.76. The molecular weight excluding hydrogens is 244 g/mol. The topological polar surface area (TPSA) is 80.9 Å². The summed E-state index contributed by atoms with van der Waals surface area (Å²) >= 11 is 0. The molecule has 0 heterocycles. The Hall–Kier alpha value is -0.160. The fourth-order valence-corrected chi connectivity index (χ4v) is 4.52. The van der Waals surface area contributed by atoms with Gasteiger partial charge in [-0.25, -0.2) is 0 Å². The van der Waals surface area contributed by atoms with E-state index in [2.05, 4.69) is 13.8 Å². The van der Waals surface area contributed by atoms with Crippen LogP contribution in [0, 0.1) is 23.2 Å². The molecular formula is C15H28O4. The summed E-state index contributed by atoms with van der Waals surface area (Å²) in [4.78, 5) is 0. The van der Waals surface area contributed by atoms with E-state index in [9.17, 15) is 20.4 Å². The van der Waals surface area contributed by atoms with Crippen LogP contribution in [0.1, 0.15) is 46.5 Å². The van der Waals surface area contributed by atoms with Crippen LogP contribution in [-0.4, -0.2) is 44.8 Å². The van der Waals surface area contributed by atoms with Crippen LogP contribution in [0.4, 0.5) is 0 Å². The van der Waals surface area contributed by atoms with Crippen molar-refractivity contribution in [2.75, 3.05) is 6.61 Å². The fraction of sp³-hybridized carbons (Fsp3) is 1.00.